The highest BCUT2D eigenvalue weighted by molar-refractivity contribution is 6.35. The van der Waals surface area contributed by atoms with Gasteiger partial charge in [-0.2, -0.15) is 0 Å². The van der Waals surface area contributed by atoms with Gasteiger partial charge in [-0.15, -0.1) is 0 Å². The van der Waals surface area contributed by atoms with Gasteiger partial charge in [-0.1, -0.05) is 17.7 Å². The number of nitrogens with one attached hydrogen (secondary N) is 2. The van der Waals surface area contributed by atoms with Gasteiger partial charge in [0, 0.05) is 6.20 Å². The lowest BCUT2D eigenvalue weighted by Gasteiger charge is -2.15. The molecule has 1 aromatic carbocycles. The zero-order valence-electron chi connectivity index (χ0n) is 13.5. The lowest BCUT2D eigenvalue weighted by molar-refractivity contribution is 0.0168. The number of carbonyl (C=O) groups excluding carboxylic acids is 1. The quantitative estimate of drug-likeness (QED) is 0.306. The van der Waals surface area contributed by atoms with Gasteiger partial charge >= 0.3 is 0 Å². The van der Waals surface area contributed by atoms with E-state index in [0.717, 1.165) is 11.6 Å². The fourth-order valence-electron chi connectivity index (χ4n) is 2.08. The highest BCUT2D eigenvalue weighted by atomic mass is 35.5. The maximum atomic E-state index is 14.4. The van der Waals surface area contributed by atoms with Crippen molar-refractivity contribution < 1.29 is 23.5 Å². The van der Waals surface area contributed by atoms with Crippen molar-refractivity contribution in [2.45, 2.75) is 6.92 Å². The molecule has 0 saturated heterocycles. The van der Waals surface area contributed by atoms with E-state index >= 15 is 0 Å². The van der Waals surface area contributed by atoms with E-state index in [4.69, 9.17) is 21.5 Å². The van der Waals surface area contributed by atoms with Crippen LogP contribution in [0.1, 0.15) is 15.9 Å². The number of halogens is 3. The van der Waals surface area contributed by atoms with Crippen molar-refractivity contribution in [1.29, 1.82) is 0 Å². The van der Waals surface area contributed by atoms with Crippen LogP contribution in [0.2, 0.25) is 5.02 Å². The first-order valence-corrected chi connectivity index (χ1v) is 7.63. The van der Waals surface area contributed by atoms with E-state index in [1.54, 1.807) is 20.1 Å². The number of hydroxylamine groups is 1. The summed E-state index contributed by atoms with van der Waals surface area (Å²) in [5, 5.41) is 10.7. The Hall–Kier alpha value is -2.23. The minimum absolute atomic E-state index is 0.162. The second-order valence-corrected chi connectivity index (χ2v) is 5.62. The first-order chi connectivity index (χ1) is 11.8. The second-order valence-electron chi connectivity index (χ2n) is 5.22. The Kier molecular flexibility index (Phi) is 6.30. The average Bonchev–Trinajstić information content (AvgIpc) is 2.57. The molecule has 0 spiro atoms. The van der Waals surface area contributed by atoms with Crippen molar-refractivity contribution in [3.8, 4) is 0 Å². The van der Waals surface area contributed by atoms with Crippen molar-refractivity contribution in [2.24, 2.45) is 0 Å². The van der Waals surface area contributed by atoms with Crippen LogP contribution < -0.4 is 16.3 Å². The molecule has 0 aliphatic rings. The molecule has 2 rings (SSSR count). The number of anilines is 2. The minimum Gasteiger partial charge on any atom is -0.394 e. The highest BCUT2D eigenvalue weighted by Crippen LogP contribution is 2.30. The number of hydrogen-bond acceptors (Lipinski definition) is 5. The molecule has 10 heteroatoms. The monoisotopic (exact) mass is 369 g/mol. The summed E-state index contributed by atoms with van der Waals surface area (Å²) in [4.78, 5) is 21.0. The highest BCUT2D eigenvalue weighted by Gasteiger charge is 2.23. The number of nitrogens with zero attached hydrogens (tertiary/aromatic N) is 1. The SMILES string of the molecule is Bc1cc(C)cnc1Nc1c(C(=O)NOCCO)cc(Cl)c(F)c1F. The lowest BCUT2D eigenvalue weighted by atomic mass is 9.95. The van der Waals surface area contributed by atoms with Gasteiger partial charge in [-0.3, -0.25) is 9.63 Å². The molecule has 25 heavy (non-hydrogen) atoms. The predicted octanol–water partition coefficient (Wildman–Crippen LogP) is 0.977. The fourth-order valence-corrected chi connectivity index (χ4v) is 2.27. The molecule has 0 radical (unpaired) electrons. The molecule has 132 valence electrons. The van der Waals surface area contributed by atoms with E-state index in [-0.39, 0.29) is 24.6 Å². The predicted molar refractivity (Wildman–Crippen MR) is 92.3 cm³/mol. The van der Waals surface area contributed by atoms with Crippen LogP contribution in [0.15, 0.2) is 18.3 Å². The molecule has 3 N–H and O–H groups in total. The second kappa shape index (κ2) is 8.24. The minimum atomic E-state index is -1.32. The van der Waals surface area contributed by atoms with Crippen LogP contribution in [0.25, 0.3) is 0 Å². The summed E-state index contributed by atoms with van der Waals surface area (Å²) in [6.45, 7) is 1.35. The zero-order valence-corrected chi connectivity index (χ0v) is 14.2. The van der Waals surface area contributed by atoms with Gasteiger partial charge in [0.2, 0.25) is 0 Å². The molecule has 1 heterocycles. The number of aliphatic hydroxyl groups excluding tert-OH is 1. The van der Waals surface area contributed by atoms with Crippen molar-refractivity contribution >= 4 is 42.3 Å². The van der Waals surface area contributed by atoms with E-state index < -0.39 is 28.3 Å². The standard InChI is InChI=1S/C15H15BClF2N3O3/c1-7-4-9(16)14(20-6-7)21-13-8(15(24)22-25-3-2-23)5-10(17)11(18)12(13)19/h4-6,23H,2-3,16H2,1H3,(H,20,21)(H,22,24). The van der Waals surface area contributed by atoms with Crippen LogP contribution in [0.4, 0.5) is 20.3 Å². The third kappa shape index (κ3) is 4.44. The summed E-state index contributed by atoms with van der Waals surface area (Å²) < 4.78 is 28.2. The van der Waals surface area contributed by atoms with Gasteiger partial charge in [0.05, 0.1) is 29.5 Å². The largest absolute Gasteiger partial charge is 0.394 e. The van der Waals surface area contributed by atoms with E-state index in [1.165, 1.54) is 0 Å². The Morgan fingerprint density at radius 2 is 2.12 bits per heavy atom. The Balaban J connectivity index is 2.44. The van der Waals surface area contributed by atoms with Crippen LogP contribution >= 0.6 is 11.6 Å². The summed E-state index contributed by atoms with van der Waals surface area (Å²) in [7, 11) is 1.73. The van der Waals surface area contributed by atoms with Gasteiger partial charge in [0.1, 0.15) is 13.7 Å². The first kappa shape index (κ1) is 19.1. The summed E-state index contributed by atoms with van der Waals surface area (Å²) in [5.41, 5.74) is 2.89. The number of aromatic nitrogens is 1. The normalized spacial score (nSPS) is 10.6. The van der Waals surface area contributed by atoms with Crippen molar-refractivity contribution in [1.82, 2.24) is 10.5 Å². The maximum absolute atomic E-state index is 14.4. The number of amides is 1. The molecule has 0 saturated carbocycles. The number of hydrogen-bond donors (Lipinski definition) is 3. The van der Waals surface area contributed by atoms with Gasteiger partial charge in [-0.25, -0.2) is 19.2 Å². The van der Waals surface area contributed by atoms with Crippen LogP contribution in [-0.4, -0.2) is 37.1 Å². The van der Waals surface area contributed by atoms with Crippen molar-refractivity contribution in [2.75, 3.05) is 18.5 Å². The molecule has 0 aliphatic carbocycles. The number of pyridine rings is 1. The number of rotatable bonds is 6. The zero-order chi connectivity index (χ0) is 18.6. The maximum Gasteiger partial charge on any atom is 0.277 e. The summed E-state index contributed by atoms with van der Waals surface area (Å²) >= 11 is 5.63. The van der Waals surface area contributed by atoms with Crippen molar-refractivity contribution in [3.05, 3.63) is 46.1 Å². The summed E-state index contributed by atoms with van der Waals surface area (Å²) in [6.07, 6.45) is 1.55. The molecule has 1 amide bonds. The van der Waals surface area contributed by atoms with Gasteiger partial charge < -0.3 is 10.4 Å². The van der Waals surface area contributed by atoms with Gasteiger partial charge in [0.25, 0.3) is 5.91 Å². The number of aryl methyl sites for hydroxylation is 1. The van der Waals surface area contributed by atoms with E-state index in [0.29, 0.717) is 5.46 Å². The topological polar surface area (TPSA) is 83.5 Å². The molecule has 1 aromatic heterocycles. The van der Waals surface area contributed by atoms with E-state index in [9.17, 15) is 13.6 Å². The average molecular weight is 370 g/mol. The van der Waals surface area contributed by atoms with E-state index in [1.807, 2.05) is 12.4 Å². The van der Waals surface area contributed by atoms with Crippen LogP contribution in [-0.2, 0) is 4.84 Å². The third-order valence-corrected chi connectivity index (χ3v) is 3.50. The Morgan fingerprint density at radius 3 is 2.76 bits per heavy atom. The molecule has 6 nitrogen and oxygen atoms in total. The number of benzene rings is 1. The third-order valence-electron chi connectivity index (χ3n) is 3.22. The number of carbonyl (C=O) groups is 1. The van der Waals surface area contributed by atoms with Gasteiger partial charge in [-0.05, 0) is 24.0 Å². The summed E-state index contributed by atoms with van der Waals surface area (Å²) in [6, 6.07) is 2.77. The first-order valence-electron chi connectivity index (χ1n) is 7.26. The fraction of sp³-hybridized carbons (Fsp3) is 0.200. The molecule has 2 aromatic rings. The molecule has 0 aliphatic heterocycles. The molecule has 0 atom stereocenters. The van der Waals surface area contributed by atoms with Crippen LogP contribution in [0.3, 0.4) is 0 Å². The van der Waals surface area contributed by atoms with Crippen molar-refractivity contribution in [3.63, 3.8) is 0 Å². The summed E-state index contributed by atoms with van der Waals surface area (Å²) in [5.74, 6) is -3.21. The molecular weight excluding hydrogens is 354 g/mol. The molecular formula is C15H15BClF2N3O3. The lowest BCUT2D eigenvalue weighted by Crippen LogP contribution is -2.27. The smallest absolute Gasteiger partial charge is 0.277 e. The van der Waals surface area contributed by atoms with E-state index in [2.05, 4.69) is 10.3 Å². The van der Waals surface area contributed by atoms with Crippen LogP contribution in [0, 0.1) is 18.6 Å². The molecule has 0 fully saturated rings. The Bertz CT molecular complexity index is 808. The Morgan fingerprint density at radius 1 is 1.40 bits per heavy atom. The number of aliphatic hydroxyl groups is 1. The van der Waals surface area contributed by atoms with Crippen LogP contribution in [0.5, 0.6) is 0 Å². The van der Waals surface area contributed by atoms with Gasteiger partial charge in [0.15, 0.2) is 11.6 Å². The molecule has 0 bridgehead atoms. The molecule has 0 unspecified atom stereocenters. The Labute approximate surface area is 148 Å².